The minimum absolute atomic E-state index is 0. The minimum Gasteiger partial charge on any atom is -0.451 e. The Morgan fingerprint density at radius 3 is 2.00 bits per heavy atom. The summed E-state index contributed by atoms with van der Waals surface area (Å²) in [6.07, 6.45) is 13.5. The SMILES string of the molecule is CCCCCCCCCCCCOS(=O)(=O)c1ccco1.[Na]. The van der Waals surface area contributed by atoms with Crippen LogP contribution in [0.5, 0.6) is 0 Å². The van der Waals surface area contributed by atoms with Crippen molar-refractivity contribution in [3.8, 4) is 0 Å². The molecule has 4 nitrogen and oxygen atoms in total. The Hall–Kier alpha value is 0.190. The van der Waals surface area contributed by atoms with E-state index in [0.29, 0.717) is 0 Å². The third kappa shape index (κ3) is 10.1. The summed E-state index contributed by atoms with van der Waals surface area (Å²) in [4.78, 5) is 0. The van der Waals surface area contributed by atoms with Crippen molar-refractivity contribution in [2.75, 3.05) is 6.61 Å². The molecule has 0 N–H and O–H groups in total. The van der Waals surface area contributed by atoms with Crippen molar-refractivity contribution in [1.29, 1.82) is 0 Å². The van der Waals surface area contributed by atoms with Gasteiger partial charge in [-0.15, -0.1) is 0 Å². The van der Waals surface area contributed by atoms with Crippen molar-refractivity contribution >= 4 is 39.7 Å². The molecule has 0 bridgehead atoms. The molecular formula is C16H28NaO4S. The average molecular weight is 339 g/mol. The van der Waals surface area contributed by atoms with Gasteiger partial charge in [-0.1, -0.05) is 64.7 Å². The molecule has 0 aliphatic heterocycles. The zero-order chi connectivity index (χ0) is 15.4. The van der Waals surface area contributed by atoms with Gasteiger partial charge in [0, 0.05) is 29.6 Å². The summed E-state index contributed by atoms with van der Waals surface area (Å²) in [5.41, 5.74) is 0. The van der Waals surface area contributed by atoms with Crippen molar-refractivity contribution in [2.24, 2.45) is 0 Å². The molecule has 1 rings (SSSR count). The third-order valence-corrected chi connectivity index (χ3v) is 4.68. The summed E-state index contributed by atoms with van der Waals surface area (Å²) in [7, 11) is -3.69. The van der Waals surface area contributed by atoms with E-state index in [0.717, 1.165) is 19.3 Å². The normalized spacial score (nSPS) is 11.3. The molecule has 1 aromatic heterocycles. The Labute approximate surface area is 157 Å². The first-order chi connectivity index (χ1) is 10.2. The van der Waals surface area contributed by atoms with Gasteiger partial charge in [-0.05, 0) is 18.6 Å². The molecule has 0 spiro atoms. The van der Waals surface area contributed by atoms with E-state index in [1.165, 1.54) is 63.3 Å². The predicted octanol–water partition coefficient (Wildman–Crippen LogP) is 4.53. The Bertz CT molecular complexity index is 443. The average Bonchev–Trinajstić information content (AvgIpc) is 3.00. The largest absolute Gasteiger partial charge is 0.451 e. The Morgan fingerprint density at radius 1 is 0.955 bits per heavy atom. The first-order valence-electron chi connectivity index (χ1n) is 8.10. The molecule has 1 radical (unpaired) electrons. The smallest absolute Gasteiger partial charge is 0.330 e. The Morgan fingerprint density at radius 2 is 1.50 bits per heavy atom. The minimum atomic E-state index is -3.69. The van der Waals surface area contributed by atoms with Gasteiger partial charge in [-0.2, -0.15) is 8.42 Å². The first-order valence-corrected chi connectivity index (χ1v) is 9.50. The van der Waals surface area contributed by atoms with Crippen LogP contribution >= 0.6 is 0 Å². The monoisotopic (exact) mass is 339 g/mol. The van der Waals surface area contributed by atoms with Gasteiger partial charge >= 0.3 is 10.1 Å². The van der Waals surface area contributed by atoms with Crippen LogP contribution in [-0.2, 0) is 14.3 Å². The second-order valence-corrected chi connectivity index (χ2v) is 6.94. The van der Waals surface area contributed by atoms with Gasteiger partial charge < -0.3 is 4.42 Å². The molecule has 0 aliphatic rings. The van der Waals surface area contributed by atoms with Crippen molar-refractivity contribution < 1.29 is 17.0 Å². The number of hydrogen-bond acceptors (Lipinski definition) is 4. The van der Waals surface area contributed by atoms with Crippen LogP contribution in [0, 0.1) is 0 Å². The molecular weight excluding hydrogens is 311 g/mol. The maximum atomic E-state index is 11.6. The van der Waals surface area contributed by atoms with E-state index in [4.69, 9.17) is 8.60 Å². The molecule has 0 aliphatic carbocycles. The molecule has 0 atom stereocenters. The summed E-state index contributed by atoms with van der Waals surface area (Å²) in [5.74, 6) is 0. The maximum Gasteiger partial charge on any atom is 0.330 e. The fourth-order valence-corrected chi connectivity index (χ4v) is 3.09. The summed E-state index contributed by atoms with van der Waals surface area (Å²) in [5, 5.41) is -0.116. The number of unbranched alkanes of at least 4 members (excludes halogenated alkanes) is 9. The fraction of sp³-hybridized carbons (Fsp3) is 0.750. The van der Waals surface area contributed by atoms with Gasteiger partial charge in [0.1, 0.15) is 0 Å². The molecule has 123 valence electrons. The summed E-state index contributed by atoms with van der Waals surface area (Å²) < 4.78 is 33.0. The van der Waals surface area contributed by atoms with Crippen molar-refractivity contribution in [3.63, 3.8) is 0 Å². The third-order valence-electron chi connectivity index (χ3n) is 3.48. The number of rotatable bonds is 13. The number of furan rings is 1. The molecule has 0 aromatic carbocycles. The molecule has 0 amide bonds. The van der Waals surface area contributed by atoms with Crippen LogP contribution in [0.2, 0.25) is 0 Å². The Kier molecular flexibility index (Phi) is 13.7. The number of hydrogen-bond donors (Lipinski definition) is 0. The molecule has 1 heterocycles. The molecule has 0 unspecified atom stereocenters. The van der Waals surface area contributed by atoms with Gasteiger partial charge in [0.15, 0.2) is 0 Å². The van der Waals surface area contributed by atoms with Crippen LogP contribution < -0.4 is 0 Å². The quantitative estimate of drug-likeness (QED) is 0.301. The molecule has 22 heavy (non-hydrogen) atoms. The van der Waals surface area contributed by atoms with Gasteiger partial charge in [0.25, 0.3) is 0 Å². The first kappa shape index (κ1) is 22.2. The van der Waals surface area contributed by atoms with E-state index >= 15 is 0 Å². The molecule has 0 saturated heterocycles. The van der Waals surface area contributed by atoms with Gasteiger partial charge in [0.05, 0.1) is 12.9 Å². The second kappa shape index (κ2) is 13.6. The zero-order valence-electron chi connectivity index (χ0n) is 14.1. The standard InChI is InChI=1S/C16H28O4S.Na/c1-2-3-4-5-6-7-8-9-10-11-15-20-21(17,18)16-13-12-14-19-16;/h12-14H,2-11,15H2,1H3;. The molecule has 1 aromatic rings. The van der Waals surface area contributed by atoms with Crippen LogP contribution in [0.1, 0.15) is 71.1 Å². The van der Waals surface area contributed by atoms with Crippen LogP contribution in [-0.4, -0.2) is 44.6 Å². The van der Waals surface area contributed by atoms with Crippen LogP contribution in [0.25, 0.3) is 0 Å². The zero-order valence-corrected chi connectivity index (χ0v) is 16.9. The van der Waals surface area contributed by atoms with Crippen LogP contribution in [0.15, 0.2) is 27.9 Å². The molecule has 6 heteroatoms. The molecule has 0 fully saturated rings. The second-order valence-electron chi connectivity index (χ2n) is 5.39. The van der Waals surface area contributed by atoms with Gasteiger partial charge in [-0.3, -0.25) is 4.18 Å². The van der Waals surface area contributed by atoms with Gasteiger partial charge in [0.2, 0.25) is 5.09 Å². The van der Waals surface area contributed by atoms with E-state index in [1.807, 2.05) is 0 Å². The van der Waals surface area contributed by atoms with E-state index in [9.17, 15) is 8.42 Å². The van der Waals surface area contributed by atoms with Gasteiger partial charge in [-0.25, -0.2) is 0 Å². The maximum absolute atomic E-state index is 11.6. The molecule has 0 saturated carbocycles. The summed E-state index contributed by atoms with van der Waals surface area (Å²) in [6, 6.07) is 2.94. The van der Waals surface area contributed by atoms with E-state index in [1.54, 1.807) is 0 Å². The van der Waals surface area contributed by atoms with Crippen molar-refractivity contribution in [2.45, 2.75) is 76.2 Å². The Balaban J connectivity index is 0.00000441. The summed E-state index contributed by atoms with van der Waals surface area (Å²) in [6.45, 7) is 2.47. The van der Waals surface area contributed by atoms with Crippen molar-refractivity contribution in [3.05, 3.63) is 18.4 Å². The summed E-state index contributed by atoms with van der Waals surface area (Å²) >= 11 is 0. The van der Waals surface area contributed by atoms with E-state index in [2.05, 4.69) is 6.92 Å². The van der Waals surface area contributed by atoms with Crippen molar-refractivity contribution in [1.82, 2.24) is 0 Å². The van der Waals surface area contributed by atoms with E-state index in [-0.39, 0.29) is 41.3 Å². The predicted molar refractivity (Wildman–Crippen MR) is 89.4 cm³/mol. The van der Waals surface area contributed by atoms with E-state index < -0.39 is 10.1 Å². The van der Waals surface area contributed by atoms with Crippen LogP contribution in [0.3, 0.4) is 0 Å². The topological polar surface area (TPSA) is 56.5 Å². The van der Waals surface area contributed by atoms with Crippen LogP contribution in [0.4, 0.5) is 0 Å². The fourth-order valence-electron chi connectivity index (χ4n) is 2.22.